The molecule has 12 nitrogen and oxygen atoms in total. The molecular formula is C44H48F6N4O8. The molecule has 18 heteroatoms. The van der Waals surface area contributed by atoms with Gasteiger partial charge in [-0.3, -0.25) is 0 Å². The van der Waals surface area contributed by atoms with E-state index in [1.54, 1.807) is 35.8 Å². The molecule has 0 N–H and O–H groups in total. The number of benzene rings is 2. The number of esters is 4. The van der Waals surface area contributed by atoms with Crippen LogP contribution in [0.5, 0.6) is 0 Å². The molecule has 0 saturated carbocycles. The van der Waals surface area contributed by atoms with E-state index in [0.29, 0.717) is 50.4 Å². The number of nitrogens with zero attached hydrogens (tertiary/aromatic N) is 4. The van der Waals surface area contributed by atoms with E-state index in [0.717, 1.165) is 62.1 Å². The summed E-state index contributed by atoms with van der Waals surface area (Å²) >= 11 is 0. The van der Waals surface area contributed by atoms with Crippen LogP contribution < -0.4 is 9.80 Å². The molecule has 62 heavy (non-hydrogen) atoms. The van der Waals surface area contributed by atoms with Crippen LogP contribution in [-0.4, -0.2) is 76.5 Å². The molecule has 0 unspecified atom stereocenters. The summed E-state index contributed by atoms with van der Waals surface area (Å²) in [5.41, 5.74) is -3.67. The molecule has 0 spiro atoms. The number of alkyl halides is 6. The Bertz CT molecular complexity index is 1890. The van der Waals surface area contributed by atoms with Crippen LogP contribution in [0.1, 0.15) is 74.6 Å². The van der Waals surface area contributed by atoms with E-state index in [-0.39, 0.29) is 13.2 Å². The van der Waals surface area contributed by atoms with E-state index in [1.807, 2.05) is 0 Å². The average molecular weight is 875 g/mol. The number of hydrogen-bond acceptors (Lipinski definition) is 12. The summed E-state index contributed by atoms with van der Waals surface area (Å²) in [6, 6.07) is 10.3. The second-order valence-corrected chi connectivity index (χ2v) is 13.2. The van der Waals surface area contributed by atoms with Gasteiger partial charge in [0, 0.05) is 49.7 Å². The smallest absolute Gasteiger partial charge is 0.417 e. The minimum atomic E-state index is -4.81. The van der Waals surface area contributed by atoms with Gasteiger partial charge in [-0.25, -0.2) is 19.2 Å². The Labute approximate surface area is 356 Å². The minimum Gasteiger partial charge on any atom is -0.459 e. The van der Waals surface area contributed by atoms with Gasteiger partial charge in [0.1, 0.15) is 49.7 Å². The SMILES string of the molecule is C=CC(=O)OCCOC(=O)C(C#N)=Cc1ccc(N(CC)CCCCCCCCN(CC)c2ccc(C=C(C#N)C(=O)OCCOC(=O)C=C)c(C(F)(F)F)c2)cc1C(F)(F)F. The maximum atomic E-state index is 14.2. The van der Waals surface area contributed by atoms with Gasteiger partial charge in [-0.2, -0.15) is 36.9 Å². The number of rotatable bonds is 25. The van der Waals surface area contributed by atoms with E-state index in [1.165, 1.54) is 24.3 Å². The number of hydrogen-bond donors (Lipinski definition) is 0. The maximum Gasteiger partial charge on any atom is 0.417 e. The van der Waals surface area contributed by atoms with Crippen molar-refractivity contribution >= 4 is 47.4 Å². The monoisotopic (exact) mass is 874 g/mol. The van der Waals surface area contributed by atoms with Crippen molar-refractivity contribution in [1.82, 2.24) is 0 Å². The summed E-state index contributed by atoms with van der Waals surface area (Å²) in [5.74, 6) is -3.90. The third-order valence-electron chi connectivity index (χ3n) is 9.02. The number of anilines is 2. The highest BCUT2D eigenvalue weighted by Gasteiger charge is 2.35. The van der Waals surface area contributed by atoms with Crippen LogP contribution in [0.15, 0.2) is 72.9 Å². The second kappa shape index (κ2) is 25.9. The molecule has 0 heterocycles. The highest BCUT2D eigenvalue weighted by atomic mass is 19.4. The molecule has 0 saturated heterocycles. The van der Waals surface area contributed by atoms with Crippen LogP contribution in [0, 0.1) is 22.7 Å². The Morgan fingerprint density at radius 1 is 0.597 bits per heavy atom. The summed E-state index contributed by atoms with van der Waals surface area (Å²) < 4.78 is 104. The van der Waals surface area contributed by atoms with Gasteiger partial charge in [0.05, 0.1) is 11.1 Å². The molecule has 0 aliphatic rings. The van der Waals surface area contributed by atoms with Gasteiger partial charge in [-0.05, 0) is 74.2 Å². The molecule has 0 aliphatic carbocycles. The molecule has 0 radical (unpaired) electrons. The van der Waals surface area contributed by atoms with Crippen molar-refractivity contribution in [1.29, 1.82) is 10.5 Å². The molecule has 334 valence electrons. The van der Waals surface area contributed by atoms with Crippen molar-refractivity contribution in [3.8, 4) is 12.1 Å². The topological polar surface area (TPSA) is 159 Å². The molecule has 0 atom stereocenters. The molecule has 0 amide bonds. The van der Waals surface area contributed by atoms with E-state index >= 15 is 0 Å². The first-order valence-electron chi connectivity index (χ1n) is 19.5. The highest BCUT2D eigenvalue weighted by molar-refractivity contribution is 5.99. The second-order valence-electron chi connectivity index (χ2n) is 13.2. The van der Waals surface area contributed by atoms with Crippen LogP contribution in [0.2, 0.25) is 0 Å². The van der Waals surface area contributed by atoms with Crippen molar-refractivity contribution in [3.05, 3.63) is 95.1 Å². The first-order valence-corrected chi connectivity index (χ1v) is 19.5. The lowest BCUT2D eigenvalue weighted by Gasteiger charge is -2.25. The maximum absolute atomic E-state index is 14.2. The van der Waals surface area contributed by atoms with Gasteiger partial charge in [0.2, 0.25) is 0 Å². The van der Waals surface area contributed by atoms with Crippen LogP contribution in [0.4, 0.5) is 37.7 Å². The number of unbranched alkanes of at least 4 members (excludes halogenated alkanes) is 5. The summed E-state index contributed by atoms with van der Waals surface area (Å²) in [7, 11) is 0. The molecule has 2 aromatic carbocycles. The number of ether oxygens (including phenoxy) is 4. The Balaban J connectivity index is 1.98. The molecule has 2 aromatic rings. The van der Waals surface area contributed by atoms with Crippen molar-refractivity contribution in [2.45, 2.75) is 64.7 Å². The summed E-state index contributed by atoms with van der Waals surface area (Å²) in [5, 5.41) is 18.9. The van der Waals surface area contributed by atoms with Crippen molar-refractivity contribution in [3.63, 3.8) is 0 Å². The zero-order valence-corrected chi connectivity index (χ0v) is 34.4. The third-order valence-corrected chi connectivity index (χ3v) is 9.02. The Morgan fingerprint density at radius 3 is 1.24 bits per heavy atom. The van der Waals surface area contributed by atoms with Crippen LogP contribution in [0.3, 0.4) is 0 Å². The van der Waals surface area contributed by atoms with Gasteiger partial charge in [-0.15, -0.1) is 0 Å². The van der Waals surface area contributed by atoms with Crippen molar-refractivity contribution in [2.75, 3.05) is 62.4 Å². The molecule has 0 bridgehead atoms. The van der Waals surface area contributed by atoms with E-state index in [9.17, 15) is 56.0 Å². The lowest BCUT2D eigenvalue weighted by Crippen LogP contribution is -2.25. The predicted octanol–water partition coefficient (Wildman–Crippen LogP) is 8.78. The van der Waals surface area contributed by atoms with E-state index < -0.39 is 82.8 Å². The lowest BCUT2D eigenvalue weighted by atomic mass is 10.0. The fourth-order valence-electron chi connectivity index (χ4n) is 5.89. The minimum absolute atomic E-state index is 0.299. The summed E-state index contributed by atoms with van der Waals surface area (Å²) in [6.07, 6.45) is -1.75. The number of carbonyl (C=O) groups is 4. The fraction of sp³-hybridized carbons (Fsp3) is 0.409. The van der Waals surface area contributed by atoms with Gasteiger partial charge in [0.15, 0.2) is 0 Å². The average Bonchev–Trinajstić information content (AvgIpc) is 3.24. The lowest BCUT2D eigenvalue weighted by molar-refractivity contribution is -0.146. The largest absolute Gasteiger partial charge is 0.459 e. The zero-order valence-electron chi connectivity index (χ0n) is 34.4. The number of carbonyl (C=O) groups excluding carboxylic acids is 4. The molecule has 2 rings (SSSR count). The van der Waals surface area contributed by atoms with Gasteiger partial charge >= 0.3 is 36.2 Å². The number of nitriles is 2. The Kier molecular flexibility index (Phi) is 21.6. The van der Waals surface area contributed by atoms with Crippen molar-refractivity contribution in [2.24, 2.45) is 0 Å². The standard InChI is InChI=1S/C44H48F6N4O8/c1-5-39(55)59-21-23-61-41(57)33(29-51)25-31-15-17-35(27-37(31)43(45,46)47)53(7-3)19-13-11-9-10-12-14-20-54(8-4)36-18-16-32(38(28-36)44(48,49)50)26-34(30-52)42(58)62-24-22-60-40(56)6-2/h5-6,15-18,25-28H,1-2,7-14,19-24H2,3-4H3. The Morgan fingerprint density at radius 2 is 0.935 bits per heavy atom. The number of halogens is 6. The van der Waals surface area contributed by atoms with Gasteiger partial charge in [0.25, 0.3) is 0 Å². The zero-order chi connectivity index (χ0) is 46.3. The highest BCUT2D eigenvalue weighted by Crippen LogP contribution is 2.37. The molecular weight excluding hydrogens is 826 g/mol. The van der Waals surface area contributed by atoms with Crippen LogP contribution >= 0.6 is 0 Å². The Hall–Kier alpha value is -6.56. The third kappa shape index (κ3) is 17.2. The first-order chi connectivity index (χ1) is 29.4. The fourth-order valence-corrected chi connectivity index (χ4v) is 5.89. The van der Waals surface area contributed by atoms with Crippen LogP contribution in [-0.2, 0) is 50.5 Å². The van der Waals surface area contributed by atoms with Crippen LogP contribution in [0.25, 0.3) is 12.2 Å². The van der Waals surface area contributed by atoms with E-state index in [4.69, 9.17) is 9.47 Å². The predicted molar refractivity (Wildman–Crippen MR) is 218 cm³/mol. The van der Waals surface area contributed by atoms with Gasteiger partial charge in [-0.1, -0.05) is 51.0 Å². The van der Waals surface area contributed by atoms with E-state index in [2.05, 4.69) is 22.6 Å². The first kappa shape index (κ1) is 51.6. The van der Waals surface area contributed by atoms with Gasteiger partial charge < -0.3 is 28.7 Å². The molecule has 0 aliphatic heterocycles. The normalized spacial score (nSPS) is 11.7. The molecule has 0 aromatic heterocycles. The summed E-state index contributed by atoms with van der Waals surface area (Å²) in [4.78, 5) is 50.4. The summed E-state index contributed by atoms with van der Waals surface area (Å²) in [6.45, 7) is 10.2. The molecule has 0 fully saturated rings. The van der Waals surface area contributed by atoms with Crippen molar-refractivity contribution < 1.29 is 64.5 Å². The quantitative estimate of drug-likeness (QED) is 0.0234.